The molecule has 0 amide bonds. The number of ether oxygens (including phenoxy) is 1. The van der Waals surface area contributed by atoms with Crippen molar-refractivity contribution < 1.29 is 4.74 Å². The Labute approximate surface area is 129 Å². The quantitative estimate of drug-likeness (QED) is 0.521. The third kappa shape index (κ3) is 2.00. The van der Waals surface area contributed by atoms with Gasteiger partial charge in [-0.15, -0.1) is 0 Å². The molecular weight excluding hydrogens is 270 g/mol. The second-order valence-corrected chi connectivity index (χ2v) is 5.47. The van der Waals surface area contributed by atoms with Gasteiger partial charge in [0.15, 0.2) is 0 Å². The molecule has 0 aliphatic rings. The average Bonchev–Trinajstić information content (AvgIpc) is 2.90. The molecule has 4 aromatic rings. The van der Waals surface area contributed by atoms with Crippen LogP contribution in [0.15, 0.2) is 72.8 Å². The number of benzene rings is 3. The monoisotopic (exact) mass is 287 g/mol. The summed E-state index contributed by atoms with van der Waals surface area (Å²) >= 11 is 0. The molecule has 0 spiro atoms. The highest BCUT2D eigenvalue weighted by Gasteiger charge is 2.11. The molecule has 0 aliphatic heterocycles. The van der Waals surface area contributed by atoms with Gasteiger partial charge in [0.25, 0.3) is 0 Å². The van der Waals surface area contributed by atoms with Crippen LogP contribution in [0, 0.1) is 0 Å². The molecule has 0 fully saturated rings. The van der Waals surface area contributed by atoms with Crippen LogP contribution in [0.5, 0.6) is 0 Å². The average molecular weight is 287 g/mol. The number of para-hydroxylation sites is 2. The van der Waals surface area contributed by atoms with E-state index in [9.17, 15) is 0 Å². The lowest BCUT2D eigenvalue weighted by Crippen LogP contribution is -1.96. The second-order valence-electron chi connectivity index (χ2n) is 5.47. The van der Waals surface area contributed by atoms with Crippen LogP contribution in [0.1, 0.15) is 5.56 Å². The van der Waals surface area contributed by atoms with Gasteiger partial charge in [0, 0.05) is 23.6 Å². The van der Waals surface area contributed by atoms with E-state index < -0.39 is 0 Å². The van der Waals surface area contributed by atoms with Gasteiger partial charge >= 0.3 is 0 Å². The first-order valence-electron chi connectivity index (χ1n) is 7.45. The molecule has 0 saturated heterocycles. The fourth-order valence-corrected chi connectivity index (χ4v) is 3.15. The van der Waals surface area contributed by atoms with Crippen LogP contribution in [0.3, 0.4) is 0 Å². The minimum atomic E-state index is 0.630. The lowest BCUT2D eigenvalue weighted by atomic mass is 10.2. The third-order valence-electron chi connectivity index (χ3n) is 4.06. The van der Waals surface area contributed by atoms with Gasteiger partial charge in [0.2, 0.25) is 0 Å². The molecule has 0 aliphatic carbocycles. The number of aromatic nitrogens is 1. The van der Waals surface area contributed by atoms with Crippen LogP contribution in [-0.2, 0) is 11.3 Å². The molecule has 0 radical (unpaired) electrons. The summed E-state index contributed by atoms with van der Waals surface area (Å²) in [6.45, 7) is 0.630. The Bertz CT molecular complexity index is 899. The van der Waals surface area contributed by atoms with E-state index in [0.717, 1.165) is 0 Å². The van der Waals surface area contributed by atoms with Gasteiger partial charge < -0.3 is 9.30 Å². The van der Waals surface area contributed by atoms with Gasteiger partial charge in [-0.05, 0) is 29.8 Å². The summed E-state index contributed by atoms with van der Waals surface area (Å²) in [7, 11) is 1.73. The topological polar surface area (TPSA) is 14.2 Å². The van der Waals surface area contributed by atoms with Gasteiger partial charge in [0.1, 0.15) is 0 Å². The van der Waals surface area contributed by atoms with E-state index in [-0.39, 0.29) is 0 Å². The first-order chi connectivity index (χ1) is 10.9. The minimum Gasteiger partial charge on any atom is -0.380 e. The van der Waals surface area contributed by atoms with E-state index in [1.54, 1.807) is 7.11 Å². The first-order valence-corrected chi connectivity index (χ1v) is 7.45. The van der Waals surface area contributed by atoms with Gasteiger partial charge in [-0.25, -0.2) is 0 Å². The molecular formula is C20H17NO. The van der Waals surface area contributed by atoms with Crippen LogP contribution < -0.4 is 0 Å². The Morgan fingerprint density at radius 2 is 1.41 bits per heavy atom. The number of methoxy groups -OCH3 is 1. The standard InChI is InChI=1S/C20H17NO/c1-22-14-15-7-6-8-16(13-15)21-19-11-4-2-9-17(19)18-10-3-5-12-20(18)21/h2-13H,14H2,1H3. The molecule has 0 atom stereocenters. The molecule has 0 bridgehead atoms. The second kappa shape index (κ2) is 5.32. The number of nitrogens with zero attached hydrogens (tertiary/aromatic N) is 1. The summed E-state index contributed by atoms with van der Waals surface area (Å²) in [5.41, 5.74) is 4.82. The van der Waals surface area contributed by atoms with E-state index in [0.29, 0.717) is 6.61 Å². The minimum absolute atomic E-state index is 0.630. The fourth-order valence-electron chi connectivity index (χ4n) is 3.15. The van der Waals surface area contributed by atoms with Crippen molar-refractivity contribution in [1.82, 2.24) is 4.57 Å². The zero-order chi connectivity index (χ0) is 14.9. The van der Waals surface area contributed by atoms with Crippen LogP contribution >= 0.6 is 0 Å². The summed E-state index contributed by atoms with van der Waals surface area (Å²) in [5.74, 6) is 0. The molecule has 22 heavy (non-hydrogen) atoms. The molecule has 2 nitrogen and oxygen atoms in total. The number of fused-ring (bicyclic) bond motifs is 3. The molecule has 1 aromatic heterocycles. The Kier molecular flexibility index (Phi) is 3.17. The summed E-state index contributed by atoms with van der Waals surface area (Å²) in [5, 5.41) is 2.57. The van der Waals surface area contributed by atoms with Crippen molar-refractivity contribution in [3.63, 3.8) is 0 Å². The van der Waals surface area contributed by atoms with Crippen LogP contribution in [0.2, 0.25) is 0 Å². The number of hydrogen-bond acceptors (Lipinski definition) is 1. The highest BCUT2D eigenvalue weighted by atomic mass is 16.5. The molecule has 1 heterocycles. The summed E-state index contributed by atoms with van der Waals surface area (Å²) in [6.07, 6.45) is 0. The van der Waals surface area contributed by atoms with E-state index in [1.165, 1.54) is 33.1 Å². The van der Waals surface area contributed by atoms with Crippen molar-refractivity contribution in [2.24, 2.45) is 0 Å². The van der Waals surface area contributed by atoms with E-state index in [1.807, 2.05) is 0 Å². The zero-order valence-electron chi connectivity index (χ0n) is 12.5. The van der Waals surface area contributed by atoms with Crippen molar-refractivity contribution in [2.75, 3.05) is 7.11 Å². The third-order valence-corrected chi connectivity index (χ3v) is 4.06. The molecule has 4 rings (SSSR count). The van der Waals surface area contributed by atoms with Crippen LogP contribution in [0.4, 0.5) is 0 Å². The molecule has 3 aromatic carbocycles. The normalized spacial score (nSPS) is 11.3. The Hall–Kier alpha value is -2.58. The predicted octanol–water partition coefficient (Wildman–Crippen LogP) is 4.93. The van der Waals surface area contributed by atoms with Crippen molar-refractivity contribution >= 4 is 21.8 Å². The number of hydrogen-bond donors (Lipinski definition) is 0. The highest BCUT2D eigenvalue weighted by molar-refractivity contribution is 6.09. The van der Waals surface area contributed by atoms with Crippen molar-refractivity contribution in [2.45, 2.75) is 6.61 Å². The Morgan fingerprint density at radius 3 is 2.05 bits per heavy atom. The highest BCUT2D eigenvalue weighted by Crippen LogP contribution is 2.31. The van der Waals surface area contributed by atoms with E-state index >= 15 is 0 Å². The maximum atomic E-state index is 5.27. The maximum absolute atomic E-state index is 5.27. The maximum Gasteiger partial charge on any atom is 0.0713 e. The fraction of sp³-hybridized carbons (Fsp3) is 0.100. The molecule has 0 saturated carbocycles. The van der Waals surface area contributed by atoms with Crippen molar-refractivity contribution in [3.05, 3.63) is 78.4 Å². The van der Waals surface area contributed by atoms with Crippen LogP contribution in [-0.4, -0.2) is 11.7 Å². The first kappa shape index (κ1) is 13.1. The summed E-state index contributed by atoms with van der Waals surface area (Å²) in [6, 6.07) is 25.7. The molecule has 2 heteroatoms. The van der Waals surface area contributed by atoms with Gasteiger partial charge in [-0.3, -0.25) is 0 Å². The lowest BCUT2D eigenvalue weighted by Gasteiger charge is -2.09. The zero-order valence-corrected chi connectivity index (χ0v) is 12.5. The van der Waals surface area contributed by atoms with Gasteiger partial charge in [-0.2, -0.15) is 0 Å². The van der Waals surface area contributed by atoms with Crippen molar-refractivity contribution in [3.8, 4) is 5.69 Å². The van der Waals surface area contributed by atoms with Gasteiger partial charge in [-0.1, -0.05) is 48.5 Å². The molecule has 0 unspecified atom stereocenters. The summed E-state index contributed by atoms with van der Waals surface area (Å²) < 4.78 is 7.59. The largest absolute Gasteiger partial charge is 0.380 e. The molecule has 0 N–H and O–H groups in total. The Balaban J connectivity index is 2.06. The van der Waals surface area contributed by atoms with Crippen molar-refractivity contribution in [1.29, 1.82) is 0 Å². The van der Waals surface area contributed by atoms with Gasteiger partial charge in [0.05, 0.1) is 17.6 Å². The predicted molar refractivity (Wildman–Crippen MR) is 91.5 cm³/mol. The summed E-state index contributed by atoms with van der Waals surface area (Å²) in [4.78, 5) is 0. The van der Waals surface area contributed by atoms with Crippen LogP contribution in [0.25, 0.3) is 27.5 Å². The SMILES string of the molecule is COCc1cccc(-n2c3ccccc3c3ccccc32)c1. The Morgan fingerprint density at radius 1 is 0.773 bits per heavy atom. The van der Waals surface area contributed by atoms with E-state index in [2.05, 4.69) is 77.4 Å². The lowest BCUT2D eigenvalue weighted by molar-refractivity contribution is 0.185. The smallest absolute Gasteiger partial charge is 0.0713 e. The molecule has 108 valence electrons. The number of rotatable bonds is 3. The van der Waals surface area contributed by atoms with E-state index in [4.69, 9.17) is 4.74 Å².